The van der Waals surface area contributed by atoms with Crippen LogP contribution in [-0.2, 0) is 26.5 Å². The summed E-state index contributed by atoms with van der Waals surface area (Å²) in [5.41, 5.74) is 1.16. The first-order chi connectivity index (χ1) is 14.5. The largest absolute Gasteiger partial charge is 0.480 e. The van der Waals surface area contributed by atoms with Gasteiger partial charge in [-0.2, -0.15) is 0 Å². The zero-order valence-corrected chi connectivity index (χ0v) is 18.1. The topological polar surface area (TPSA) is 76.1 Å². The van der Waals surface area contributed by atoms with Gasteiger partial charge in [0.25, 0.3) is 0 Å². The van der Waals surface area contributed by atoms with Crippen LogP contribution < -0.4 is 0 Å². The fourth-order valence-corrected chi connectivity index (χ4v) is 5.13. The van der Waals surface area contributed by atoms with Gasteiger partial charge in [-0.15, -0.1) is 0 Å². The highest BCUT2D eigenvalue weighted by Crippen LogP contribution is 2.50. The van der Waals surface area contributed by atoms with Crippen molar-refractivity contribution in [3.63, 3.8) is 0 Å². The fraction of sp³-hybridized carbons (Fsp3) is 0.391. The van der Waals surface area contributed by atoms with Crippen LogP contribution in [0.4, 0.5) is 4.79 Å². The number of carbonyl (C=O) groups excluding carboxylic acids is 1. The first-order valence-electron chi connectivity index (χ1n) is 10.1. The lowest BCUT2D eigenvalue weighted by Crippen LogP contribution is -2.42. The second kappa shape index (κ2) is 8.78. The van der Waals surface area contributed by atoms with Gasteiger partial charge in [0.1, 0.15) is 13.2 Å². The summed E-state index contributed by atoms with van der Waals surface area (Å²) < 4.78 is 12.5. The summed E-state index contributed by atoms with van der Waals surface area (Å²) in [6, 6.07) is 17.5. The highest BCUT2D eigenvalue weighted by atomic mass is 79.9. The Balaban J connectivity index is 1.52. The molecule has 0 radical (unpaired) electrons. The van der Waals surface area contributed by atoms with Gasteiger partial charge < -0.3 is 19.5 Å². The molecule has 1 N–H and O–H groups in total. The van der Waals surface area contributed by atoms with E-state index in [1.807, 2.05) is 54.6 Å². The molecule has 6 nitrogen and oxygen atoms in total. The molecule has 2 bridgehead atoms. The van der Waals surface area contributed by atoms with Gasteiger partial charge in [0, 0.05) is 23.0 Å². The molecule has 1 amide bonds. The van der Waals surface area contributed by atoms with Crippen LogP contribution in [0.25, 0.3) is 0 Å². The lowest BCUT2D eigenvalue weighted by molar-refractivity contribution is -0.158. The molecule has 2 aromatic carbocycles. The number of likely N-dealkylation sites (tertiary alicyclic amines) is 1. The third-order valence-corrected chi connectivity index (χ3v) is 6.62. The summed E-state index contributed by atoms with van der Waals surface area (Å²) in [6.45, 7) is 0.358. The van der Waals surface area contributed by atoms with E-state index in [1.54, 1.807) is 4.90 Å². The quantitative estimate of drug-likeness (QED) is 0.664. The Morgan fingerprint density at radius 1 is 1.17 bits per heavy atom. The van der Waals surface area contributed by atoms with E-state index in [0.29, 0.717) is 13.0 Å². The standard InChI is InChI=1S/C23H24BrNO5/c24-19-8-4-7-17(11-19)23(30-15-21(26)27)10-9-20-12-18(23)13-25(20)22(28)29-14-16-5-2-1-3-6-16/h1-8,11,18,20H,9-10,12-15H2,(H,26,27). The molecule has 0 spiro atoms. The maximum atomic E-state index is 12.8. The van der Waals surface area contributed by atoms with Crippen LogP contribution in [0.2, 0.25) is 0 Å². The van der Waals surface area contributed by atoms with Crippen molar-refractivity contribution in [3.05, 3.63) is 70.2 Å². The Morgan fingerprint density at radius 2 is 1.97 bits per heavy atom. The summed E-state index contributed by atoms with van der Waals surface area (Å²) in [4.78, 5) is 25.8. The molecular weight excluding hydrogens is 450 g/mol. The monoisotopic (exact) mass is 473 g/mol. The van der Waals surface area contributed by atoms with Gasteiger partial charge in [-0.1, -0.05) is 58.4 Å². The number of fused-ring (bicyclic) bond motifs is 2. The number of ether oxygens (including phenoxy) is 2. The number of hydrogen-bond acceptors (Lipinski definition) is 4. The van der Waals surface area contributed by atoms with Gasteiger partial charge in [-0.25, -0.2) is 9.59 Å². The molecule has 1 aliphatic heterocycles. The van der Waals surface area contributed by atoms with E-state index in [0.717, 1.165) is 28.4 Å². The summed E-state index contributed by atoms with van der Waals surface area (Å²) in [5.74, 6) is -0.988. The predicted octanol–water partition coefficient (Wildman–Crippen LogP) is 4.57. The van der Waals surface area contributed by atoms with Crippen LogP contribution in [0.5, 0.6) is 0 Å². The Bertz CT molecular complexity index is 921. The van der Waals surface area contributed by atoms with Crippen LogP contribution in [0.3, 0.4) is 0 Å². The van der Waals surface area contributed by atoms with Crippen LogP contribution >= 0.6 is 15.9 Å². The Morgan fingerprint density at radius 3 is 2.70 bits per heavy atom. The number of nitrogens with zero attached hydrogens (tertiary/aromatic N) is 1. The third kappa shape index (κ3) is 4.23. The van der Waals surface area contributed by atoms with Crippen molar-refractivity contribution in [2.24, 2.45) is 5.92 Å². The van der Waals surface area contributed by atoms with Crippen LogP contribution in [0, 0.1) is 5.92 Å². The maximum absolute atomic E-state index is 12.8. The molecule has 4 rings (SSSR count). The molecule has 2 fully saturated rings. The molecule has 2 aliphatic rings. The molecular formula is C23H24BrNO5. The molecule has 3 atom stereocenters. The van der Waals surface area contributed by atoms with E-state index < -0.39 is 11.6 Å². The van der Waals surface area contributed by atoms with Crippen molar-refractivity contribution >= 4 is 28.0 Å². The molecule has 30 heavy (non-hydrogen) atoms. The van der Waals surface area contributed by atoms with Crippen molar-refractivity contribution in [3.8, 4) is 0 Å². The number of halogens is 1. The molecule has 1 heterocycles. The number of amides is 1. The lowest BCUT2D eigenvalue weighted by Gasteiger charge is -2.41. The predicted molar refractivity (Wildman–Crippen MR) is 114 cm³/mol. The van der Waals surface area contributed by atoms with E-state index >= 15 is 0 Å². The second-order valence-electron chi connectivity index (χ2n) is 7.90. The second-order valence-corrected chi connectivity index (χ2v) is 8.82. The maximum Gasteiger partial charge on any atom is 0.410 e. The molecule has 0 aromatic heterocycles. The highest BCUT2D eigenvalue weighted by Gasteiger charge is 2.53. The van der Waals surface area contributed by atoms with Crippen molar-refractivity contribution in [2.45, 2.75) is 37.5 Å². The average Bonchev–Trinajstić information content (AvgIpc) is 3.11. The summed E-state index contributed by atoms with van der Waals surface area (Å²) >= 11 is 3.51. The van der Waals surface area contributed by atoms with E-state index in [1.165, 1.54) is 0 Å². The molecule has 2 aromatic rings. The summed E-state index contributed by atoms with van der Waals surface area (Å²) in [7, 11) is 0. The van der Waals surface area contributed by atoms with E-state index in [2.05, 4.69) is 15.9 Å². The first kappa shape index (κ1) is 20.9. The van der Waals surface area contributed by atoms with E-state index in [4.69, 9.17) is 9.47 Å². The van der Waals surface area contributed by atoms with Gasteiger partial charge in [0.05, 0.1) is 5.60 Å². The van der Waals surface area contributed by atoms with Crippen LogP contribution in [0.1, 0.15) is 30.4 Å². The number of benzene rings is 2. The average molecular weight is 474 g/mol. The number of carbonyl (C=O) groups is 2. The Hall–Kier alpha value is -2.38. The van der Waals surface area contributed by atoms with E-state index in [-0.39, 0.29) is 31.3 Å². The number of aliphatic carboxylic acids is 1. The molecule has 7 heteroatoms. The first-order valence-corrected chi connectivity index (χ1v) is 10.9. The van der Waals surface area contributed by atoms with Gasteiger partial charge in [-0.05, 0) is 42.5 Å². The SMILES string of the molecule is O=C(O)COC1(c2cccc(Br)c2)CCC2CC1CN2C(=O)OCc1ccccc1. The van der Waals surface area contributed by atoms with Gasteiger partial charge in [0.15, 0.2) is 0 Å². The normalized spacial score (nSPS) is 25.2. The summed E-state index contributed by atoms with van der Waals surface area (Å²) in [5, 5.41) is 9.23. The molecule has 3 unspecified atom stereocenters. The molecule has 1 saturated heterocycles. The minimum atomic E-state index is -0.997. The van der Waals surface area contributed by atoms with Gasteiger partial charge in [-0.3, -0.25) is 0 Å². The van der Waals surface area contributed by atoms with Crippen molar-refractivity contribution < 1.29 is 24.2 Å². The van der Waals surface area contributed by atoms with E-state index in [9.17, 15) is 14.7 Å². The minimum absolute atomic E-state index is 0.00850. The fourth-order valence-electron chi connectivity index (χ4n) is 4.73. The van der Waals surface area contributed by atoms with Crippen LogP contribution in [-0.4, -0.2) is 41.3 Å². The van der Waals surface area contributed by atoms with Gasteiger partial charge >= 0.3 is 12.1 Å². The van der Waals surface area contributed by atoms with Crippen molar-refractivity contribution in [1.82, 2.24) is 4.90 Å². The number of carboxylic acid groups (broad SMARTS) is 1. The molecule has 1 aliphatic carbocycles. The van der Waals surface area contributed by atoms with Gasteiger partial charge in [0.2, 0.25) is 0 Å². The highest BCUT2D eigenvalue weighted by molar-refractivity contribution is 9.10. The smallest absolute Gasteiger partial charge is 0.410 e. The zero-order chi connectivity index (χ0) is 21.1. The Labute approximate surface area is 183 Å². The third-order valence-electron chi connectivity index (χ3n) is 6.13. The molecule has 158 valence electrons. The minimum Gasteiger partial charge on any atom is -0.480 e. The summed E-state index contributed by atoms with van der Waals surface area (Å²) in [6.07, 6.45) is 1.85. The van der Waals surface area contributed by atoms with Crippen molar-refractivity contribution in [2.75, 3.05) is 13.2 Å². The lowest BCUT2D eigenvalue weighted by atomic mass is 9.72. The number of carboxylic acids is 1. The van der Waals surface area contributed by atoms with Crippen molar-refractivity contribution in [1.29, 1.82) is 0 Å². The molecule has 1 saturated carbocycles. The van der Waals surface area contributed by atoms with Crippen LogP contribution in [0.15, 0.2) is 59.1 Å². The number of rotatable bonds is 6. The zero-order valence-electron chi connectivity index (χ0n) is 16.5. The number of hydrogen-bond donors (Lipinski definition) is 1. The Kier molecular flexibility index (Phi) is 6.11.